The first-order valence-corrected chi connectivity index (χ1v) is 10.4. The maximum absolute atomic E-state index is 13.1. The van der Waals surface area contributed by atoms with Crippen LogP contribution in [0.5, 0.6) is 0 Å². The molecular weight excluding hydrogens is 360 g/mol. The zero-order valence-electron chi connectivity index (χ0n) is 18.0. The molecule has 0 aromatic carbocycles. The Bertz CT molecular complexity index is 695. The topological polar surface area (TPSA) is 85.4 Å². The minimum atomic E-state index is -1.25. The molecule has 0 aromatic heterocycles. The fourth-order valence-electron chi connectivity index (χ4n) is 4.82. The Labute approximate surface area is 167 Å². The monoisotopic (exact) mass is 394 g/mol. The Balaban J connectivity index is 1.92. The van der Waals surface area contributed by atoms with Crippen molar-refractivity contribution in [2.45, 2.75) is 109 Å². The van der Waals surface area contributed by atoms with Crippen LogP contribution < -0.4 is 0 Å². The molecule has 0 aliphatic carbocycles. The molecule has 1 N–H and O–H groups in total. The summed E-state index contributed by atoms with van der Waals surface area (Å²) in [4.78, 5) is 24.8. The van der Waals surface area contributed by atoms with Gasteiger partial charge in [-0.2, -0.15) is 0 Å². The highest BCUT2D eigenvalue weighted by Gasteiger charge is 2.60. The van der Waals surface area contributed by atoms with E-state index < -0.39 is 23.1 Å². The van der Waals surface area contributed by atoms with E-state index >= 15 is 0 Å². The van der Waals surface area contributed by atoms with Crippen molar-refractivity contribution in [3.8, 4) is 0 Å². The Morgan fingerprint density at radius 1 is 1.14 bits per heavy atom. The molecule has 0 saturated carbocycles. The summed E-state index contributed by atoms with van der Waals surface area (Å²) in [6, 6.07) is 0. The third-order valence-corrected chi connectivity index (χ3v) is 6.72. The van der Waals surface area contributed by atoms with Crippen LogP contribution in [0.3, 0.4) is 0 Å². The molecule has 6 unspecified atom stereocenters. The van der Waals surface area contributed by atoms with Gasteiger partial charge in [0.15, 0.2) is 11.6 Å². The van der Waals surface area contributed by atoms with E-state index in [0.29, 0.717) is 32.1 Å². The molecular formula is C22H34O6. The fraction of sp³-hybridized carbons (Fsp3) is 0.818. The van der Waals surface area contributed by atoms with Gasteiger partial charge >= 0.3 is 5.97 Å². The van der Waals surface area contributed by atoms with Gasteiger partial charge in [-0.05, 0) is 59.0 Å². The first-order valence-electron chi connectivity index (χ1n) is 10.4. The lowest BCUT2D eigenvalue weighted by Gasteiger charge is -2.34. The first-order chi connectivity index (χ1) is 12.9. The first kappa shape index (κ1) is 21.5. The molecule has 28 heavy (non-hydrogen) atoms. The fourth-order valence-corrected chi connectivity index (χ4v) is 4.82. The summed E-state index contributed by atoms with van der Waals surface area (Å²) in [5.41, 5.74) is 0.406. The number of allylic oxidation sites excluding steroid dienone is 1. The number of rotatable bonds is 1. The van der Waals surface area contributed by atoms with Crippen LogP contribution in [0.15, 0.2) is 11.1 Å². The van der Waals surface area contributed by atoms with E-state index in [0.717, 1.165) is 17.6 Å². The third kappa shape index (κ3) is 4.19. The molecule has 3 fully saturated rings. The van der Waals surface area contributed by atoms with E-state index in [1.54, 1.807) is 0 Å². The Morgan fingerprint density at radius 3 is 2.43 bits per heavy atom. The maximum Gasteiger partial charge on any atom is 0.303 e. The summed E-state index contributed by atoms with van der Waals surface area (Å²) in [6.07, 6.45) is 2.57. The summed E-state index contributed by atoms with van der Waals surface area (Å²) in [5, 5.41) is 11.1. The van der Waals surface area contributed by atoms with Crippen molar-refractivity contribution in [3.05, 3.63) is 11.1 Å². The molecule has 3 aliphatic rings. The predicted octanol–water partition coefficient (Wildman–Crippen LogP) is 3.45. The van der Waals surface area contributed by atoms with Crippen molar-refractivity contribution in [2.24, 2.45) is 5.92 Å². The number of Topliss-reactive ketones (excluding diaryl/α,β-unsaturated/α-hetero) is 1. The van der Waals surface area contributed by atoms with E-state index in [1.165, 1.54) is 6.92 Å². The third-order valence-electron chi connectivity index (χ3n) is 6.72. The van der Waals surface area contributed by atoms with E-state index in [-0.39, 0.29) is 23.8 Å². The summed E-state index contributed by atoms with van der Waals surface area (Å²) in [7, 11) is 0. The smallest absolute Gasteiger partial charge is 0.303 e. The quantitative estimate of drug-likeness (QED) is 0.416. The minimum absolute atomic E-state index is 0.0215. The van der Waals surface area contributed by atoms with Crippen LogP contribution in [0, 0.1) is 5.92 Å². The molecule has 0 spiro atoms. The molecule has 3 saturated heterocycles. The highest BCUT2D eigenvalue weighted by molar-refractivity contribution is 6.01. The number of epoxide rings is 1. The van der Waals surface area contributed by atoms with Gasteiger partial charge < -0.3 is 19.3 Å². The van der Waals surface area contributed by atoms with Gasteiger partial charge in [-0.3, -0.25) is 9.59 Å². The van der Waals surface area contributed by atoms with Crippen LogP contribution in [0.4, 0.5) is 0 Å². The second-order valence-corrected chi connectivity index (χ2v) is 9.62. The highest BCUT2D eigenvalue weighted by atomic mass is 16.6. The Morgan fingerprint density at radius 2 is 1.82 bits per heavy atom. The van der Waals surface area contributed by atoms with Gasteiger partial charge in [0.1, 0.15) is 17.3 Å². The molecule has 0 aromatic rings. The standard InChI is InChI=1S/C22H34O6/c1-13(2)17-7-8-20(5,26-15(4)23)9-10-22(25)14(3)11-16(27-22)12-21(6)19(28-21)18(17)24/h14,16,19,25H,7-12H2,1-6H3. The van der Waals surface area contributed by atoms with E-state index in [1.807, 2.05) is 34.6 Å². The molecule has 3 aliphatic heterocycles. The van der Waals surface area contributed by atoms with Gasteiger partial charge in [-0.1, -0.05) is 12.5 Å². The number of ether oxygens (including phenoxy) is 3. The predicted molar refractivity (Wildman–Crippen MR) is 104 cm³/mol. The van der Waals surface area contributed by atoms with Crippen LogP contribution in [0.2, 0.25) is 0 Å². The van der Waals surface area contributed by atoms with Gasteiger partial charge in [0.25, 0.3) is 0 Å². The second-order valence-electron chi connectivity index (χ2n) is 9.62. The number of carbonyl (C=O) groups excluding carboxylic acids is 2. The zero-order chi connectivity index (χ0) is 20.9. The molecule has 0 amide bonds. The van der Waals surface area contributed by atoms with Gasteiger partial charge in [0.05, 0.1) is 6.10 Å². The lowest BCUT2D eigenvalue weighted by atomic mass is 9.83. The molecule has 6 atom stereocenters. The van der Waals surface area contributed by atoms with Gasteiger partial charge in [-0.25, -0.2) is 0 Å². The summed E-state index contributed by atoms with van der Waals surface area (Å²) in [5.74, 6) is -1.62. The number of carbonyl (C=O) groups is 2. The highest BCUT2D eigenvalue weighted by Crippen LogP contribution is 2.49. The normalized spacial score (nSPS) is 44.0. The SMILES string of the molecule is CC(=O)OC1(C)CCC(=C(C)C)C(=O)C2OC2(C)CC2CC(C)C(O)(CC1)O2. The van der Waals surface area contributed by atoms with Crippen molar-refractivity contribution in [2.75, 3.05) is 0 Å². The van der Waals surface area contributed by atoms with Crippen LogP contribution >= 0.6 is 0 Å². The van der Waals surface area contributed by atoms with Gasteiger partial charge in [0, 0.05) is 25.7 Å². The maximum atomic E-state index is 13.1. The summed E-state index contributed by atoms with van der Waals surface area (Å²) in [6.45, 7) is 11.1. The molecule has 6 nitrogen and oxygen atoms in total. The van der Waals surface area contributed by atoms with E-state index in [2.05, 4.69) is 0 Å². The van der Waals surface area contributed by atoms with E-state index in [4.69, 9.17) is 14.2 Å². The minimum Gasteiger partial charge on any atom is -0.460 e. The number of hydrogen-bond donors (Lipinski definition) is 1. The number of fused-ring (bicyclic) bond motifs is 3. The van der Waals surface area contributed by atoms with Crippen molar-refractivity contribution >= 4 is 11.8 Å². The zero-order valence-corrected chi connectivity index (χ0v) is 18.0. The average Bonchev–Trinajstić information content (AvgIpc) is 3.13. The molecule has 3 heterocycles. The largest absolute Gasteiger partial charge is 0.460 e. The van der Waals surface area contributed by atoms with Gasteiger partial charge in [-0.15, -0.1) is 0 Å². The Hall–Kier alpha value is -1.24. The van der Waals surface area contributed by atoms with Crippen molar-refractivity contribution in [3.63, 3.8) is 0 Å². The van der Waals surface area contributed by atoms with Crippen LogP contribution in [-0.4, -0.2) is 46.1 Å². The number of aliphatic hydroxyl groups is 1. The van der Waals surface area contributed by atoms with Crippen LogP contribution in [0.1, 0.15) is 80.1 Å². The molecule has 0 radical (unpaired) electrons. The molecule has 2 bridgehead atoms. The number of ketones is 1. The van der Waals surface area contributed by atoms with Crippen molar-refractivity contribution < 1.29 is 28.9 Å². The molecule has 158 valence electrons. The van der Waals surface area contributed by atoms with Crippen LogP contribution in [0.25, 0.3) is 0 Å². The van der Waals surface area contributed by atoms with Crippen molar-refractivity contribution in [1.29, 1.82) is 0 Å². The number of hydrogen-bond acceptors (Lipinski definition) is 6. The molecule has 6 heteroatoms. The van der Waals surface area contributed by atoms with Crippen molar-refractivity contribution in [1.82, 2.24) is 0 Å². The summed E-state index contributed by atoms with van der Waals surface area (Å²) < 4.78 is 17.6. The molecule has 3 rings (SSSR count). The Kier molecular flexibility index (Phi) is 5.54. The summed E-state index contributed by atoms with van der Waals surface area (Å²) >= 11 is 0. The van der Waals surface area contributed by atoms with Crippen LogP contribution in [-0.2, 0) is 23.8 Å². The second kappa shape index (κ2) is 7.22. The lowest BCUT2D eigenvalue weighted by Crippen LogP contribution is -2.39. The lowest BCUT2D eigenvalue weighted by molar-refractivity contribution is -0.222. The van der Waals surface area contributed by atoms with Gasteiger partial charge in [0.2, 0.25) is 0 Å². The van der Waals surface area contributed by atoms with E-state index in [9.17, 15) is 14.7 Å². The number of esters is 1. The average molecular weight is 395 g/mol.